The molecular formula is C8H15N3S. The monoisotopic (exact) mass is 185 g/mol. The van der Waals surface area contributed by atoms with Gasteiger partial charge in [0.2, 0.25) is 0 Å². The van der Waals surface area contributed by atoms with E-state index in [2.05, 4.69) is 30.4 Å². The van der Waals surface area contributed by atoms with Crippen molar-refractivity contribution in [2.45, 2.75) is 26.2 Å². The largest absolute Gasteiger partial charge is 0.360 e. The molecule has 4 heteroatoms. The average molecular weight is 185 g/mol. The van der Waals surface area contributed by atoms with Gasteiger partial charge < -0.3 is 4.90 Å². The highest BCUT2D eigenvalue weighted by molar-refractivity contribution is 7.06. The highest BCUT2D eigenvalue weighted by Crippen LogP contribution is 2.31. The topological polar surface area (TPSA) is 29.0 Å². The van der Waals surface area contributed by atoms with Gasteiger partial charge in [0, 0.05) is 19.5 Å². The lowest BCUT2D eigenvalue weighted by Crippen LogP contribution is -2.17. The SMILES string of the molecule is CN(C)c1nnsc1C(C)(C)C. The molecule has 0 radical (unpaired) electrons. The van der Waals surface area contributed by atoms with Gasteiger partial charge >= 0.3 is 0 Å². The van der Waals surface area contributed by atoms with E-state index in [0.29, 0.717) is 0 Å². The first-order valence-corrected chi connectivity index (χ1v) is 4.70. The van der Waals surface area contributed by atoms with Crippen molar-refractivity contribution in [1.29, 1.82) is 0 Å². The molecular weight excluding hydrogens is 170 g/mol. The van der Waals surface area contributed by atoms with Gasteiger partial charge in [-0.1, -0.05) is 25.3 Å². The molecule has 0 spiro atoms. The zero-order valence-corrected chi connectivity index (χ0v) is 9.07. The van der Waals surface area contributed by atoms with E-state index in [1.165, 1.54) is 16.4 Å². The molecule has 3 nitrogen and oxygen atoms in total. The third-order valence-electron chi connectivity index (χ3n) is 1.58. The summed E-state index contributed by atoms with van der Waals surface area (Å²) >= 11 is 1.48. The van der Waals surface area contributed by atoms with Gasteiger partial charge in [-0.2, -0.15) is 0 Å². The lowest BCUT2D eigenvalue weighted by molar-refractivity contribution is 0.602. The van der Waals surface area contributed by atoms with E-state index in [-0.39, 0.29) is 5.41 Å². The van der Waals surface area contributed by atoms with Crippen LogP contribution in [0.15, 0.2) is 0 Å². The van der Waals surface area contributed by atoms with E-state index < -0.39 is 0 Å². The minimum Gasteiger partial charge on any atom is -0.360 e. The zero-order chi connectivity index (χ0) is 9.35. The van der Waals surface area contributed by atoms with Gasteiger partial charge in [0.05, 0.1) is 4.88 Å². The lowest BCUT2D eigenvalue weighted by atomic mass is 9.94. The normalized spacial score (nSPS) is 11.8. The first-order chi connectivity index (χ1) is 5.43. The van der Waals surface area contributed by atoms with Crippen LogP contribution < -0.4 is 4.90 Å². The van der Waals surface area contributed by atoms with Crippen LogP contribution in [0.4, 0.5) is 5.82 Å². The van der Waals surface area contributed by atoms with Gasteiger partial charge in [-0.25, -0.2) is 0 Å². The summed E-state index contributed by atoms with van der Waals surface area (Å²) in [7, 11) is 3.98. The van der Waals surface area contributed by atoms with Gasteiger partial charge in [-0.15, -0.1) is 5.10 Å². The van der Waals surface area contributed by atoms with E-state index in [1.807, 2.05) is 19.0 Å². The van der Waals surface area contributed by atoms with Crippen LogP contribution in [-0.4, -0.2) is 23.7 Å². The summed E-state index contributed by atoms with van der Waals surface area (Å²) in [6.45, 7) is 6.53. The fraction of sp³-hybridized carbons (Fsp3) is 0.750. The Balaban J connectivity index is 3.08. The number of hydrogen-bond donors (Lipinski definition) is 0. The first kappa shape index (κ1) is 9.45. The molecule has 0 aliphatic rings. The summed E-state index contributed by atoms with van der Waals surface area (Å²) in [4.78, 5) is 3.25. The van der Waals surface area contributed by atoms with E-state index in [9.17, 15) is 0 Å². The number of aromatic nitrogens is 2. The number of rotatable bonds is 1. The molecule has 0 saturated carbocycles. The standard InChI is InChI=1S/C8H15N3S/c1-8(2,3)6-7(11(4)5)9-10-12-6/h1-5H3. The number of nitrogens with zero attached hydrogens (tertiary/aromatic N) is 3. The quantitative estimate of drug-likeness (QED) is 0.669. The van der Waals surface area contributed by atoms with Gasteiger partial charge in [-0.05, 0) is 11.5 Å². The Bertz CT molecular complexity index is 260. The zero-order valence-electron chi connectivity index (χ0n) is 8.25. The Kier molecular flexibility index (Phi) is 2.37. The van der Waals surface area contributed by atoms with Gasteiger partial charge in [0.1, 0.15) is 0 Å². The van der Waals surface area contributed by atoms with Gasteiger partial charge in [-0.3, -0.25) is 0 Å². The molecule has 0 atom stereocenters. The first-order valence-electron chi connectivity index (χ1n) is 3.93. The van der Waals surface area contributed by atoms with Crippen molar-refractivity contribution < 1.29 is 0 Å². The summed E-state index contributed by atoms with van der Waals surface area (Å²) < 4.78 is 3.96. The molecule has 68 valence electrons. The molecule has 0 aliphatic heterocycles. The Morgan fingerprint density at radius 1 is 1.25 bits per heavy atom. The maximum absolute atomic E-state index is 4.08. The van der Waals surface area contributed by atoms with Crippen LogP contribution in [0.25, 0.3) is 0 Å². The molecule has 0 amide bonds. The highest BCUT2D eigenvalue weighted by atomic mass is 32.1. The maximum Gasteiger partial charge on any atom is 0.167 e. The van der Waals surface area contributed by atoms with Gasteiger partial charge in [0.25, 0.3) is 0 Å². The third-order valence-corrected chi connectivity index (χ3v) is 2.72. The van der Waals surface area contributed by atoms with Crippen molar-refractivity contribution >= 4 is 17.4 Å². The van der Waals surface area contributed by atoms with Crippen LogP contribution in [0.3, 0.4) is 0 Å². The molecule has 0 aliphatic carbocycles. The van der Waals surface area contributed by atoms with Crippen LogP contribution in [0.5, 0.6) is 0 Å². The molecule has 0 unspecified atom stereocenters. The fourth-order valence-electron chi connectivity index (χ4n) is 0.951. The predicted molar refractivity (Wildman–Crippen MR) is 52.9 cm³/mol. The summed E-state index contributed by atoms with van der Waals surface area (Å²) in [5, 5.41) is 4.08. The van der Waals surface area contributed by atoms with Crippen LogP contribution in [0, 0.1) is 0 Å². The Labute approximate surface area is 77.6 Å². The molecule has 0 N–H and O–H groups in total. The van der Waals surface area contributed by atoms with Crippen molar-refractivity contribution in [2.75, 3.05) is 19.0 Å². The molecule has 0 aromatic carbocycles. The maximum atomic E-state index is 4.08. The Morgan fingerprint density at radius 3 is 2.17 bits per heavy atom. The average Bonchev–Trinajstić information content (AvgIpc) is 2.30. The second kappa shape index (κ2) is 3.01. The van der Waals surface area contributed by atoms with Crippen molar-refractivity contribution in [2.24, 2.45) is 0 Å². The third kappa shape index (κ3) is 1.75. The second-order valence-electron chi connectivity index (χ2n) is 4.07. The molecule has 1 heterocycles. The molecule has 1 rings (SSSR count). The number of anilines is 1. The molecule has 1 aromatic heterocycles. The summed E-state index contributed by atoms with van der Waals surface area (Å²) in [5.74, 6) is 0.993. The lowest BCUT2D eigenvalue weighted by Gasteiger charge is -2.19. The van der Waals surface area contributed by atoms with E-state index >= 15 is 0 Å². The van der Waals surface area contributed by atoms with E-state index in [4.69, 9.17) is 0 Å². The van der Waals surface area contributed by atoms with E-state index in [0.717, 1.165) is 5.82 Å². The Morgan fingerprint density at radius 2 is 1.83 bits per heavy atom. The highest BCUT2D eigenvalue weighted by Gasteiger charge is 2.22. The van der Waals surface area contributed by atoms with Crippen LogP contribution in [0.2, 0.25) is 0 Å². The van der Waals surface area contributed by atoms with Gasteiger partial charge in [0.15, 0.2) is 5.82 Å². The molecule has 0 bridgehead atoms. The van der Waals surface area contributed by atoms with Crippen molar-refractivity contribution in [3.8, 4) is 0 Å². The van der Waals surface area contributed by atoms with Crippen molar-refractivity contribution in [3.05, 3.63) is 4.88 Å². The number of hydrogen-bond acceptors (Lipinski definition) is 4. The van der Waals surface area contributed by atoms with Crippen molar-refractivity contribution in [1.82, 2.24) is 9.59 Å². The minimum absolute atomic E-state index is 0.147. The van der Waals surface area contributed by atoms with Crippen molar-refractivity contribution in [3.63, 3.8) is 0 Å². The van der Waals surface area contributed by atoms with E-state index in [1.54, 1.807) is 0 Å². The predicted octanol–water partition coefficient (Wildman–Crippen LogP) is 1.90. The smallest absolute Gasteiger partial charge is 0.167 e. The summed E-state index contributed by atoms with van der Waals surface area (Å²) in [6.07, 6.45) is 0. The molecule has 12 heavy (non-hydrogen) atoms. The minimum atomic E-state index is 0.147. The molecule has 1 aromatic rings. The van der Waals surface area contributed by atoms with Crippen LogP contribution >= 0.6 is 11.5 Å². The molecule has 0 saturated heterocycles. The second-order valence-corrected chi connectivity index (χ2v) is 4.82. The fourth-order valence-corrected chi connectivity index (χ4v) is 1.73. The Hall–Kier alpha value is -0.640. The summed E-state index contributed by atoms with van der Waals surface area (Å²) in [5.41, 5.74) is 0.147. The van der Waals surface area contributed by atoms with Crippen LogP contribution in [-0.2, 0) is 5.41 Å². The molecule has 0 fully saturated rings. The van der Waals surface area contributed by atoms with Crippen LogP contribution in [0.1, 0.15) is 25.6 Å². The summed E-state index contributed by atoms with van der Waals surface area (Å²) in [6, 6.07) is 0.